The Kier molecular flexibility index (Phi) is 3.73. The molecule has 1 heterocycles. The van der Waals surface area contributed by atoms with Gasteiger partial charge in [0.1, 0.15) is 0 Å². The van der Waals surface area contributed by atoms with Crippen molar-refractivity contribution in [3.05, 3.63) is 69.2 Å². The van der Waals surface area contributed by atoms with E-state index in [2.05, 4.69) is 5.32 Å². The Morgan fingerprint density at radius 2 is 2.05 bits per heavy atom. The molecule has 6 heteroatoms. The van der Waals surface area contributed by atoms with Crippen molar-refractivity contribution in [2.24, 2.45) is 7.05 Å². The topological polar surface area (TPSA) is 64.2 Å². The number of halogens is 1. The van der Waals surface area contributed by atoms with E-state index in [4.69, 9.17) is 16.0 Å². The smallest absolute Gasteiger partial charge is 0.408 e. The van der Waals surface area contributed by atoms with E-state index in [1.165, 1.54) is 4.57 Å². The van der Waals surface area contributed by atoms with Gasteiger partial charge in [0.2, 0.25) is 0 Å². The van der Waals surface area contributed by atoms with Crippen molar-refractivity contribution >= 4 is 28.6 Å². The number of aromatic nitrogens is 1. The minimum absolute atomic E-state index is 0.244. The summed E-state index contributed by atoms with van der Waals surface area (Å²) in [4.78, 5) is 23.6. The number of fused-ring (bicyclic) bond motifs is 1. The summed E-state index contributed by atoms with van der Waals surface area (Å²) < 4.78 is 6.49. The summed E-state index contributed by atoms with van der Waals surface area (Å²) in [5, 5.41) is 3.22. The van der Waals surface area contributed by atoms with E-state index in [9.17, 15) is 9.59 Å². The lowest BCUT2D eigenvalue weighted by molar-refractivity contribution is 0.0951. The maximum absolute atomic E-state index is 12.1. The van der Waals surface area contributed by atoms with Gasteiger partial charge in [-0.1, -0.05) is 29.8 Å². The summed E-state index contributed by atoms with van der Waals surface area (Å²) in [6.45, 7) is 0.333. The molecule has 0 saturated carbocycles. The van der Waals surface area contributed by atoms with Crippen LogP contribution in [0.3, 0.4) is 0 Å². The van der Waals surface area contributed by atoms with Crippen LogP contribution in [0.2, 0.25) is 5.02 Å². The second kappa shape index (κ2) is 5.69. The fourth-order valence-corrected chi connectivity index (χ4v) is 2.43. The third-order valence-electron chi connectivity index (χ3n) is 3.43. The Hall–Kier alpha value is -2.53. The molecular formula is C16H13ClN2O3. The number of hydrogen-bond acceptors (Lipinski definition) is 3. The van der Waals surface area contributed by atoms with Crippen molar-refractivity contribution in [1.29, 1.82) is 0 Å². The molecule has 0 fully saturated rings. The number of carbonyl (C=O) groups is 1. The predicted octanol–water partition coefficient (Wildman–Crippen LogP) is 2.71. The van der Waals surface area contributed by atoms with Crippen molar-refractivity contribution in [2.45, 2.75) is 6.54 Å². The van der Waals surface area contributed by atoms with Crippen molar-refractivity contribution in [2.75, 3.05) is 0 Å². The number of nitrogens with one attached hydrogen (secondary N) is 1. The van der Waals surface area contributed by atoms with Crippen molar-refractivity contribution in [3.8, 4) is 0 Å². The first kappa shape index (κ1) is 14.4. The van der Waals surface area contributed by atoms with Crippen LogP contribution in [-0.2, 0) is 13.6 Å². The summed E-state index contributed by atoms with van der Waals surface area (Å²) >= 11 is 5.99. The van der Waals surface area contributed by atoms with Crippen LogP contribution >= 0.6 is 11.6 Å². The number of oxazole rings is 1. The Balaban J connectivity index is 1.79. The van der Waals surface area contributed by atoms with Crippen LogP contribution in [0.15, 0.2) is 51.7 Å². The average molecular weight is 317 g/mol. The molecule has 1 N–H and O–H groups in total. The molecular weight excluding hydrogens is 304 g/mol. The number of benzene rings is 2. The molecule has 0 saturated heterocycles. The first-order chi connectivity index (χ1) is 10.6. The van der Waals surface area contributed by atoms with Crippen LogP contribution in [0.1, 0.15) is 15.9 Å². The third kappa shape index (κ3) is 2.63. The minimum atomic E-state index is -0.410. The predicted molar refractivity (Wildman–Crippen MR) is 84.1 cm³/mol. The van der Waals surface area contributed by atoms with Gasteiger partial charge >= 0.3 is 5.76 Å². The molecule has 3 aromatic rings. The van der Waals surface area contributed by atoms with Gasteiger partial charge in [-0.25, -0.2) is 4.79 Å². The Morgan fingerprint density at radius 3 is 2.82 bits per heavy atom. The van der Waals surface area contributed by atoms with E-state index >= 15 is 0 Å². The summed E-state index contributed by atoms with van der Waals surface area (Å²) in [7, 11) is 1.64. The largest absolute Gasteiger partial charge is 0.419 e. The molecule has 22 heavy (non-hydrogen) atoms. The Labute approximate surface area is 131 Å². The van der Waals surface area contributed by atoms with E-state index in [1.54, 1.807) is 43.4 Å². The van der Waals surface area contributed by atoms with Crippen LogP contribution in [0.5, 0.6) is 0 Å². The standard InChI is InChI=1S/C16H13ClN2O3/c1-19-13-8-10(6-7-14(13)22-16(19)21)9-18-15(20)11-4-2-3-5-12(11)17/h2-8H,9H2,1H3,(H,18,20). The summed E-state index contributed by atoms with van der Waals surface area (Å²) in [6, 6.07) is 12.2. The molecule has 0 aliphatic rings. The zero-order chi connectivity index (χ0) is 15.7. The fourth-order valence-electron chi connectivity index (χ4n) is 2.21. The molecule has 1 aromatic heterocycles. The van der Waals surface area contributed by atoms with E-state index in [-0.39, 0.29) is 5.91 Å². The summed E-state index contributed by atoms with van der Waals surface area (Å²) in [5.41, 5.74) is 2.51. The molecule has 3 rings (SSSR count). The molecule has 1 amide bonds. The average Bonchev–Trinajstić information content (AvgIpc) is 2.80. The fraction of sp³-hybridized carbons (Fsp3) is 0.125. The highest BCUT2D eigenvalue weighted by Gasteiger charge is 2.10. The van der Waals surface area contributed by atoms with Gasteiger partial charge in [-0.05, 0) is 29.8 Å². The molecule has 0 aliphatic heterocycles. The van der Waals surface area contributed by atoms with E-state index in [1.807, 2.05) is 6.07 Å². The normalized spacial score (nSPS) is 10.8. The molecule has 2 aromatic carbocycles. The Morgan fingerprint density at radius 1 is 1.27 bits per heavy atom. The van der Waals surface area contributed by atoms with Gasteiger partial charge in [-0.15, -0.1) is 0 Å². The highest BCUT2D eigenvalue weighted by Crippen LogP contribution is 2.16. The lowest BCUT2D eigenvalue weighted by Gasteiger charge is -2.07. The van der Waals surface area contributed by atoms with Gasteiger partial charge in [0.05, 0.1) is 16.1 Å². The SMILES string of the molecule is Cn1c(=O)oc2ccc(CNC(=O)c3ccccc3Cl)cc21. The number of hydrogen-bond donors (Lipinski definition) is 1. The molecule has 112 valence electrons. The number of amides is 1. The monoisotopic (exact) mass is 316 g/mol. The quantitative estimate of drug-likeness (QED) is 0.808. The van der Waals surface area contributed by atoms with E-state index in [0.29, 0.717) is 28.2 Å². The molecule has 0 atom stereocenters. The number of carbonyl (C=O) groups excluding carboxylic acids is 1. The van der Waals surface area contributed by atoms with Gasteiger partial charge in [0, 0.05) is 13.6 Å². The first-order valence-corrected chi connectivity index (χ1v) is 7.05. The lowest BCUT2D eigenvalue weighted by Crippen LogP contribution is -2.23. The van der Waals surface area contributed by atoms with Crippen LogP contribution in [-0.4, -0.2) is 10.5 Å². The van der Waals surface area contributed by atoms with Crippen LogP contribution < -0.4 is 11.1 Å². The molecule has 0 spiro atoms. The number of rotatable bonds is 3. The zero-order valence-corrected chi connectivity index (χ0v) is 12.6. The third-order valence-corrected chi connectivity index (χ3v) is 3.76. The zero-order valence-electron chi connectivity index (χ0n) is 11.8. The van der Waals surface area contributed by atoms with Crippen molar-refractivity contribution in [3.63, 3.8) is 0 Å². The van der Waals surface area contributed by atoms with Gasteiger partial charge < -0.3 is 9.73 Å². The highest BCUT2D eigenvalue weighted by atomic mass is 35.5. The number of nitrogens with zero attached hydrogens (tertiary/aromatic N) is 1. The molecule has 0 radical (unpaired) electrons. The van der Waals surface area contributed by atoms with Crippen LogP contribution in [0.4, 0.5) is 0 Å². The van der Waals surface area contributed by atoms with Crippen LogP contribution in [0, 0.1) is 0 Å². The van der Waals surface area contributed by atoms with Gasteiger partial charge in [-0.2, -0.15) is 0 Å². The summed E-state index contributed by atoms with van der Waals surface area (Å²) in [5.74, 6) is -0.654. The molecule has 0 unspecified atom stereocenters. The van der Waals surface area contributed by atoms with Gasteiger partial charge in [-0.3, -0.25) is 9.36 Å². The maximum Gasteiger partial charge on any atom is 0.419 e. The molecule has 0 aliphatic carbocycles. The lowest BCUT2D eigenvalue weighted by atomic mass is 10.2. The van der Waals surface area contributed by atoms with Crippen molar-refractivity contribution < 1.29 is 9.21 Å². The van der Waals surface area contributed by atoms with Gasteiger partial charge in [0.15, 0.2) is 5.58 Å². The summed E-state index contributed by atoms with van der Waals surface area (Å²) in [6.07, 6.45) is 0. The molecule has 0 bridgehead atoms. The van der Waals surface area contributed by atoms with E-state index < -0.39 is 5.76 Å². The van der Waals surface area contributed by atoms with Crippen LogP contribution in [0.25, 0.3) is 11.1 Å². The van der Waals surface area contributed by atoms with E-state index in [0.717, 1.165) is 5.56 Å². The highest BCUT2D eigenvalue weighted by molar-refractivity contribution is 6.33. The second-order valence-electron chi connectivity index (χ2n) is 4.89. The first-order valence-electron chi connectivity index (χ1n) is 6.67. The number of aryl methyl sites for hydroxylation is 1. The van der Waals surface area contributed by atoms with Crippen molar-refractivity contribution in [1.82, 2.24) is 9.88 Å². The maximum atomic E-state index is 12.1. The second-order valence-corrected chi connectivity index (χ2v) is 5.30. The molecule has 5 nitrogen and oxygen atoms in total. The minimum Gasteiger partial charge on any atom is -0.408 e. The Bertz CT molecular complexity index is 911. The van der Waals surface area contributed by atoms with Gasteiger partial charge in [0.25, 0.3) is 5.91 Å².